The third kappa shape index (κ3) is 2.27. The van der Waals surface area contributed by atoms with Crippen molar-refractivity contribution in [2.75, 3.05) is 6.54 Å². The molecular weight excluding hydrogens is 282 g/mol. The van der Waals surface area contributed by atoms with E-state index in [4.69, 9.17) is 5.11 Å². The molecule has 8 heteroatoms. The van der Waals surface area contributed by atoms with E-state index in [1.807, 2.05) is 16.0 Å². The zero-order chi connectivity index (χ0) is 14.3. The first-order valence-electron chi connectivity index (χ1n) is 6.16. The van der Waals surface area contributed by atoms with Gasteiger partial charge in [-0.15, -0.1) is 11.3 Å². The number of hydrogen-bond acceptors (Lipinski definition) is 5. The molecule has 106 valence electrons. The van der Waals surface area contributed by atoms with Gasteiger partial charge in [-0.3, -0.25) is 9.20 Å². The highest BCUT2D eigenvalue weighted by atomic mass is 32.1. The van der Waals surface area contributed by atoms with Gasteiger partial charge in [-0.1, -0.05) is 0 Å². The number of rotatable bonds is 3. The molecule has 1 fully saturated rings. The molecule has 1 amide bonds. The standard InChI is InChI=1S/C12H13N3O4S/c16-8-4-9(11(18)19)15(6-8)10(17)3-7-5-14-1-2-20-12(14)13-7/h1-2,5,8-9,16H,3-4,6H2,(H,18,19)/t8-,9+/m1/s1. The number of aromatic nitrogens is 2. The Labute approximate surface area is 118 Å². The lowest BCUT2D eigenvalue weighted by Crippen LogP contribution is -2.41. The van der Waals surface area contributed by atoms with E-state index in [0.29, 0.717) is 5.69 Å². The number of imidazole rings is 1. The molecule has 0 saturated carbocycles. The normalized spacial score (nSPS) is 22.6. The zero-order valence-corrected chi connectivity index (χ0v) is 11.3. The summed E-state index contributed by atoms with van der Waals surface area (Å²) in [6.07, 6.45) is 2.96. The van der Waals surface area contributed by atoms with E-state index >= 15 is 0 Å². The highest BCUT2D eigenvalue weighted by Crippen LogP contribution is 2.20. The van der Waals surface area contributed by atoms with Gasteiger partial charge in [-0.05, 0) is 0 Å². The van der Waals surface area contributed by atoms with Crippen molar-refractivity contribution >= 4 is 28.2 Å². The first kappa shape index (κ1) is 13.1. The number of aliphatic hydroxyl groups excluding tert-OH is 1. The van der Waals surface area contributed by atoms with Crippen molar-refractivity contribution in [3.05, 3.63) is 23.5 Å². The number of likely N-dealkylation sites (tertiary alicyclic amines) is 1. The van der Waals surface area contributed by atoms with Gasteiger partial charge < -0.3 is 15.1 Å². The van der Waals surface area contributed by atoms with Crippen LogP contribution in [0.5, 0.6) is 0 Å². The van der Waals surface area contributed by atoms with E-state index in [0.717, 1.165) is 4.96 Å². The summed E-state index contributed by atoms with van der Waals surface area (Å²) in [5.74, 6) is -1.40. The lowest BCUT2D eigenvalue weighted by Gasteiger charge is -2.20. The molecule has 2 atom stereocenters. The Bertz CT molecular complexity index is 636. The number of carboxylic acids is 1. The third-order valence-corrected chi connectivity index (χ3v) is 4.13. The smallest absolute Gasteiger partial charge is 0.326 e. The first-order valence-corrected chi connectivity index (χ1v) is 7.04. The lowest BCUT2D eigenvalue weighted by molar-refractivity contribution is -0.148. The second kappa shape index (κ2) is 4.88. The summed E-state index contributed by atoms with van der Waals surface area (Å²) in [5, 5.41) is 20.5. The van der Waals surface area contributed by atoms with Gasteiger partial charge in [-0.25, -0.2) is 9.78 Å². The van der Waals surface area contributed by atoms with E-state index in [2.05, 4.69) is 4.98 Å². The summed E-state index contributed by atoms with van der Waals surface area (Å²) in [6, 6.07) is -0.943. The number of fused-ring (bicyclic) bond motifs is 1. The molecule has 2 aromatic heterocycles. The molecule has 0 aliphatic carbocycles. The molecule has 3 rings (SSSR count). The van der Waals surface area contributed by atoms with E-state index in [1.54, 1.807) is 6.20 Å². The highest BCUT2D eigenvalue weighted by Gasteiger charge is 2.38. The molecule has 0 radical (unpaired) electrons. The second-order valence-electron chi connectivity index (χ2n) is 4.79. The van der Waals surface area contributed by atoms with Crippen LogP contribution in [0.3, 0.4) is 0 Å². The maximum Gasteiger partial charge on any atom is 0.326 e. The molecule has 0 unspecified atom stereocenters. The summed E-state index contributed by atoms with van der Waals surface area (Å²) in [7, 11) is 0. The molecule has 2 N–H and O–H groups in total. The van der Waals surface area contributed by atoms with Crippen molar-refractivity contribution in [1.29, 1.82) is 0 Å². The van der Waals surface area contributed by atoms with E-state index < -0.39 is 18.1 Å². The number of aliphatic hydroxyl groups is 1. The highest BCUT2D eigenvalue weighted by molar-refractivity contribution is 7.15. The van der Waals surface area contributed by atoms with Gasteiger partial charge in [0.05, 0.1) is 18.2 Å². The van der Waals surface area contributed by atoms with Crippen molar-refractivity contribution in [3.8, 4) is 0 Å². The van der Waals surface area contributed by atoms with Crippen molar-refractivity contribution < 1.29 is 19.8 Å². The monoisotopic (exact) mass is 295 g/mol. The predicted octanol–water partition coefficient (Wildman–Crippen LogP) is -0.0153. The van der Waals surface area contributed by atoms with Crippen molar-refractivity contribution in [2.24, 2.45) is 0 Å². The molecule has 1 aliphatic heterocycles. The van der Waals surface area contributed by atoms with Crippen LogP contribution in [0.2, 0.25) is 0 Å². The van der Waals surface area contributed by atoms with Crippen molar-refractivity contribution in [3.63, 3.8) is 0 Å². The summed E-state index contributed by atoms with van der Waals surface area (Å²) in [4.78, 5) is 29.6. The van der Waals surface area contributed by atoms with Crippen LogP contribution >= 0.6 is 11.3 Å². The zero-order valence-electron chi connectivity index (χ0n) is 10.5. The van der Waals surface area contributed by atoms with Gasteiger partial charge in [0.1, 0.15) is 6.04 Å². The molecule has 3 heterocycles. The number of carboxylic acid groups (broad SMARTS) is 1. The molecule has 0 spiro atoms. The van der Waals surface area contributed by atoms with Crippen molar-refractivity contribution in [2.45, 2.75) is 25.0 Å². The number of aliphatic carboxylic acids is 1. The molecule has 0 aromatic carbocycles. The number of amides is 1. The van der Waals surface area contributed by atoms with Gasteiger partial charge in [-0.2, -0.15) is 0 Å². The minimum absolute atomic E-state index is 0.0465. The van der Waals surface area contributed by atoms with Crippen LogP contribution in [-0.4, -0.2) is 55.1 Å². The number of thiazole rings is 1. The Morgan fingerprint density at radius 2 is 2.30 bits per heavy atom. The van der Waals surface area contributed by atoms with E-state index in [-0.39, 0.29) is 25.3 Å². The average molecular weight is 295 g/mol. The van der Waals surface area contributed by atoms with Gasteiger partial charge in [0.2, 0.25) is 5.91 Å². The summed E-state index contributed by atoms with van der Waals surface area (Å²) >= 11 is 1.47. The molecule has 7 nitrogen and oxygen atoms in total. The number of nitrogens with zero attached hydrogens (tertiary/aromatic N) is 3. The van der Waals surface area contributed by atoms with Crippen LogP contribution < -0.4 is 0 Å². The number of carbonyl (C=O) groups is 2. The molecule has 2 aromatic rings. The van der Waals surface area contributed by atoms with Crippen molar-refractivity contribution in [1.82, 2.24) is 14.3 Å². The fraction of sp³-hybridized carbons (Fsp3) is 0.417. The van der Waals surface area contributed by atoms with Crippen LogP contribution in [0.1, 0.15) is 12.1 Å². The van der Waals surface area contributed by atoms with Crippen LogP contribution in [0.25, 0.3) is 4.96 Å². The molecule has 1 saturated heterocycles. The fourth-order valence-corrected chi connectivity index (χ4v) is 3.16. The van der Waals surface area contributed by atoms with E-state index in [1.165, 1.54) is 16.2 Å². The topological polar surface area (TPSA) is 95.1 Å². The van der Waals surface area contributed by atoms with E-state index in [9.17, 15) is 14.7 Å². The van der Waals surface area contributed by atoms with Crippen LogP contribution in [0.4, 0.5) is 0 Å². The Morgan fingerprint density at radius 1 is 1.50 bits per heavy atom. The number of β-amino-alcohol motifs (C(OH)–C–C–N with tert-alkyl or cyclic N) is 1. The Kier molecular flexibility index (Phi) is 3.19. The quantitative estimate of drug-likeness (QED) is 0.830. The largest absolute Gasteiger partial charge is 0.480 e. The summed E-state index contributed by atoms with van der Waals surface area (Å²) < 4.78 is 1.82. The van der Waals surface area contributed by atoms with Gasteiger partial charge in [0.15, 0.2) is 4.96 Å². The average Bonchev–Trinajstić information content (AvgIpc) is 3.02. The van der Waals surface area contributed by atoms with Gasteiger partial charge in [0.25, 0.3) is 0 Å². The molecule has 1 aliphatic rings. The number of hydrogen-bond donors (Lipinski definition) is 2. The fourth-order valence-electron chi connectivity index (χ4n) is 2.44. The Balaban J connectivity index is 1.75. The maximum atomic E-state index is 12.2. The Morgan fingerprint density at radius 3 is 3.00 bits per heavy atom. The second-order valence-corrected chi connectivity index (χ2v) is 5.66. The Hall–Kier alpha value is -1.93. The van der Waals surface area contributed by atoms with Gasteiger partial charge >= 0.3 is 5.97 Å². The predicted molar refractivity (Wildman–Crippen MR) is 70.5 cm³/mol. The minimum Gasteiger partial charge on any atom is -0.480 e. The molecule has 0 bridgehead atoms. The first-order chi connectivity index (χ1) is 9.54. The van der Waals surface area contributed by atoms with Crippen LogP contribution in [0, 0.1) is 0 Å². The van der Waals surface area contributed by atoms with Crippen LogP contribution in [-0.2, 0) is 16.0 Å². The number of carbonyl (C=O) groups excluding carboxylic acids is 1. The SMILES string of the molecule is O=C(O)[C@@H]1C[C@@H](O)CN1C(=O)Cc1cn2ccsc2n1. The lowest BCUT2D eigenvalue weighted by atomic mass is 10.2. The maximum absolute atomic E-state index is 12.2. The molecule has 20 heavy (non-hydrogen) atoms. The van der Waals surface area contributed by atoms with Crippen LogP contribution in [0.15, 0.2) is 17.8 Å². The minimum atomic E-state index is -1.08. The molecular formula is C12H13N3O4S. The summed E-state index contributed by atoms with van der Waals surface area (Å²) in [5.41, 5.74) is 0.604. The summed E-state index contributed by atoms with van der Waals surface area (Å²) in [6.45, 7) is 0.0675. The third-order valence-electron chi connectivity index (χ3n) is 3.36. The van der Waals surface area contributed by atoms with Gasteiger partial charge in [0, 0.05) is 30.7 Å².